The second-order valence-electron chi connectivity index (χ2n) is 11.8. The molecule has 0 rings (SSSR count). The number of rotatable bonds is 33. The van der Waals surface area contributed by atoms with E-state index < -0.39 is 8.60 Å². The fourth-order valence-corrected chi connectivity index (χ4v) is 5.62. The summed E-state index contributed by atoms with van der Waals surface area (Å²) in [6.45, 7) is 9.08. The summed E-state index contributed by atoms with van der Waals surface area (Å²) >= 11 is 0. The topological polar surface area (TPSA) is 52.9 Å². The predicted octanol–water partition coefficient (Wildman–Crippen LogP) is 11.3. The number of unbranched alkanes of at least 4 members (excludes halogenated alkanes) is 22. The quantitative estimate of drug-likeness (QED) is 0.0467. The van der Waals surface area contributed by atoms with Crippen LogP contribution in [0.2, 0.25) is 0 Å². The third-order valence-corrected chi connectivity index (χ3v) is 8.30. The minimum Gasteiger partial charge on any atom is -0.328 e. The predicted molar refractivity (Wildman–Crippen MR) is 174 cm³/mol. The van der Waals surface area contributed by atoms with Crippen LogP contribution in [0.15, 0.2) is 12.2 Å². The Morgan fingerprint density at radius 1 is 0.462 bits per heavy atom. The second-order valence-corrected chi connectivity index (χ2v) is 12.5. The van der Waals surface area contributed by atoms with E-state index in [1.54, 1.807) is 0 Å². The highest BCUT2D eigenvalue weighted by Gasteiger charge is 2.05. The normalized spacial score (nSPS) is 12.1. The Hall–Kier alpha value is 0.01000. The third kappa shape index (κ3) is 34.1. The highest BCUT2D eigenvalue weighted by molar-refractivity contribution is 7.39. The maximum Gasteiger partial charge on any atom is 0.327 e. The molecule has 0 amide bonds. The van der Waals surface area contributed by atoms with Crippen molar-refractivity contribution in [2.24, 2.45) is 0 Å². The summed E-state index contributed by atoms with van der Waals surface area (Å²) in [7, 11) is -2.16. The van der Waals surface area contributed by atoms with Gasteiger partial charge < -0.3 is 19.2 Å². The van der Waals surface area contributed by atoms with Gasteiger partial charge in [-0.25, -0.2) is 0 Å². The van der Waals surface area contributed by atoms with Gasteiger partial charge in [0, 0.05) is 0 Å². The number of hydrogen-bond donors (Lipinski definition) is 2. The van der Waals surface area contributed by atoms with Gasteiger partial charge in [-0.05, 0) is 71.0 Å². The molecule has 234 valence electrons. The number of allylic oxidation sites excluding steroid dienone is 2. The first-order chi connectivity index (χ1) is 19.2. The van der Waals surface area contributed by atoms with E-state index in [0.717, 1.165) is 12.8 Å². The monoisotopic (exact) mass is 572 g/mol. The molecule has 0 aliphatic carbocycles. The van der Waals surface area contributed by atoms with Crippen molar-refractivity contribution in [2.75, 3.05) is 26.2 Å². The van der Waals surface area contributed by atoms with Crippen LogP contribution in [0.1, 0.15) is 181 Å². The lowest BCUT2D eigenvalue weighted by Crippen LogP contribution is -2.27. The van der Waals surface area contributed by atoms with Gasteiger partial charge in [0.15, 0.2) is 0 Å². The van der Waals surface area contributed by atoms with Gasteiger partial charge in [-0.2, -0.15) is 0 Å². The summed E-state index contributed by atoms with van der Waals surface area (Å²) in [4.78, 5) is 20.2. The summed E-state index contributed by atoms with van der Waals surface area (Å²) in [5, 5.41) is 0. The van der Waals surface area contributed by atoms with Crippen LogP contribution in [0.25, 0.3) is 0 Å². The Morgan fingerprint density at radius 3 is 1.18 bits per heavy atom. The van der Waals surface area contributed by atoms with Gasteiger partial charge in [0.1, 0.15) is 0 Å². The van der Waals surface area contributed by atoms with E-state index >= 15 is 0 Å². The molecule has 2 N–H and O–H groups in total. The Balaban J connectivity index is 3.63. The zero-order valence-electron chi connectivity index (χ0n) is 26.6. The minimum absolute atomic E-state index is 0.471. The number of nitrogens with zero attached hydrogens (tertiary/aromatic N) is 1. The van der Waals surface area contributed by atoms with E-state index in [2.05, 4.69) is 30.9 Å². The average molecular weight is 572 g/mol. The van der Waals surface area contributed by atoms with Crippen molar-refractivity contribution in [3.05, 3.63) is 12.2 Å². The fourth-order valence-electron chi connectivity index (χ4n) is 5.32. The molecule has 0 heterocycles. The highest BCUT2D eigenvalue weighted by Crippen LogP contribution is 2.24. The molecule has 0 atom stereocenters. The molecule has 0 saturated carbocycles. The lowest BCUT2D eigenvalue weighted by Gasteiger charge is -2.22. The fraction of sp³-hybridized carbons (Fsp3) is 0.941. The molecule has 0 aliphatic rings. The van der Waals surface area contributed by atoms with Crippen LogP contribution in [0, 0.1) is 0 Å². The first-order valence-electron chi connectivity index (χ1n) is 17.4. The van der Waals surface area contributed by atoms with Gasteiger partial charge >= 0.3 is 8.60 Å². The van der Waals surface area contributed by atoms with E-state index in [0.29, 0.717) is 6.61 Å². The largest absolute Gasteiger partial charge is 0.328 e. The first kappa shape index (κ1) is 39.0. The van der Waals surface area contributed by atoms with Crippen molar-refractivity contribution >= 4 is 8.60 Å². The lowest BCUT2D eigenvalue weighted by atomic mass is 10.1. The zero-order chi connectivity index (χ0) is 28.5. The Labute approximate surface area is 246 Å². The van der Waals surface area contributed by atoms with E-state index in [1.807, 2.05) is 0 Å². The van der Waals surface area contributed by atoms with Crippen molar-refractivity contribution < 1.29 is 14.3 Å². The summed E-state index contributed by atoms with van der Waals surface area (Å²) in [5.41, 5.74) is 0. The van der Waals surface area contributed by atoms with Crippen molar-refractivity contribution in [3.8, 4) is 0 Å². The van der Waals surface area contributed by atoms with E-state index in [4.69, 9.17) is 14.3 Å². The molecule has 0 saturated heterocycles. The van der Waals surface area contributed by atoms with Gasteiger partial charge in [-0.3, -0.25) is 0 Å². The van der Waals surface area contributed by atoms with Gasteiger partial charge in [0.2, 0.25) is 0 Å². The Kier molecular flexibility index (Phi) is 34.2. The number of hydrogen-bond acceptors (Lipinski definition) is 4. The summed E-state index contributed by atoms with van der Waals surface area (Å²) in [6, 6.07) is 0. The smallest absolute Gasteiger partial charge is 0.327 e. The molecule has 5 heteroatoms. The molecule has 0 radical (unpaired) electrons. The standard InChI is InChI=1S/C34H70NO3P/c1-3-5-7-9-23-27-31-35(32-28-24-10-8-6-4-2)33-29-25-21-19-17-15-13-11-12-14-16-18-20-22-26-30-34-38-39(36)37/h11-12,36-37H,3-10,13-34H2,1-2H3/b12-11-. The third-order valence-electron chi connectivity index (χ3n) is 7.89. The molecule has 0 aromatic carbocycles. The van der Waals surface area contributed by atoms with E-state index in [9.17, 15) is 0 Å². The van der Waals surface area contributed by atoms with Gasteiger partial charge in [-0.15, -0.1) is 0 Å². The maximum atomic E-state index is 8.68. The lowest BCUT2D eigenvalue weighted by molar-refractivity contribution is 0.248. The molecule has 0 spiro atoms. The van der Waals surface area contributed by atoms with Crippen molar-refractivity contribution in [2.45, 2.75) is 181 Å². The average Bonchev–Trinajstić information content (AvgIpc) is 2.93. The van der Waals surface area contributed by atoms with Crippen molar-refractivity contribution in [1.82, 2.24) is 4.90 Å². The van der Waals surface area contributed by atoms with Crippen molar-refractivity contribution in [1.29, 1.82) is 0 Å². The molecule has 0 aromatic rings. The minimum atomic E-state index is -2.16. The molecule has 0 aliphatic heterocycles. The maximum absolute atomic E-state index is 8.68. The second kappa shape index (κ2) is 34.2. The van der Waals surface area contributed by atoms with Crippen LogP contribution >= 0.6 is 8.60 Å². The molecule has 0 bridgehead atoms. The van der Waals surface area contributed by atoms with Gasteiger partial charge in [0.05, 0.1) is 6.61 Å². The molecule has 4 nitrogen and oxygen atoms in total. The molecule has 0 fully saturated rings. The summed E-state index contributed by atoms with van der Waals surface area (Å²) in [6.07, 6.45) is 39.7. The van der Waals surface area contributed by atoms with E-state index in [1.165, 1.54) is 174 Å². The SMILES string of the molecule is CCCCCCCCN(CCCCCCCC)CCCCCCCC/C=C\CCCCCCCCOP(O)O. The Morgan fingerprint density at radius 2 is 0.795 bits per heavy atom. The Bertz CT molecular complexity index is 459. The van der Waals surface area contributed by atoms with Crippen LogP contribution in [-0.2, 0) is 4.52 Å². The molecular formula is C34H70NO3P. The van der Waals surface area contributed by atoms with Crippen LogP contribution in [-0.4, -0.2) is 40.9 Å². The summed E-state index contributed by atoms with van der Waals surface area (Å²) < 4.78 is 4.79. The zero-order valence-corrected chi connectivity index (χ0v) is 27.5. The van der Waals surface area contributed by atoms with Crippen LogP contribution in [0.5, 0.6) is 0 Å². The van der Waals surface area contributed by atoms with Gasteiger partial charge in [-0.1, -0.05) is 142 Å². The molecule has 0 aromatic heterocycles. The first-order valence-corrected chi connectivity index (χ1v) is 18.5. The van der Waals surface area contributed by atoms with Crippen LogP contribution in [0.3, 0.4) is 0 Å². The summed E-state index contributed by atoms with van der Waals surface area (Å²) in [5.74, 6) is 0. The van der Waals surface area contributed by atoms with Crippen molar-refractivity contribution in [3.63, 3.8) is 0 Å². The molecular weight excluding hydrogens is 501 g/mol. The molecule has 39 heavy (non-hydrogen) atoms. The highest BCUT2D eigenvalue weighted by atomic mass is 31.2. The molecule has 0 unspecified atom stereocenters. The van der Waals surface area contributed by atoms with Gasteiger partial charge in [0.25, 0.3) is 0 Å². The van der Waals surface area contributed by atoms with Crippen LogP contribution in [0.4, 0.5) is 0 Å². The van der Waals surface area contributed by atoms with Crippen LogP contribution < -0.4 is 0 Å². The van der Waals surface area contributed by atoms with E-state index in [-0.39, 0.29) is 0 Å².